The lowest BCUT2D eigenvalue weighted by Gasteiger charge is -2.08. The number of hydrogen-bond acceptors (Lipinski definition) is 3. The van der Waals surface area contributed by atoms with Gasteiger partial charge in [0.05, 0.1) is 17.2 Å². The highest BCUT2D eigenvalue weighted by Gasteiger charge is 2.19. The summed E-state index contributed by atoms with van der Waals surface area (Å²) in [5.41, 5.74) is -0.221. The molecule has 1 rings (SSSR count). The molecule has 0 aliphatic carbocycles. The van der Waals surface area contributed by atoms with Crippen LogP contribution in [0.2, 0.25) is 10.0 Å². The molecule has 0 saturated heterocycles. The van der Waals surface area contributed by atoms with E-state index in [1.54, 1.807) is 0 Å². The van der Waals surface area contributed by atoms with Crippen LogP contribution < -0.4 is 4.89 Å². The minimum absolute atomic E-state index is 0.0361. The first-order chi connectivity index (χ1) is 6.57. The molecule has 0 amide bonds. The minimum atomic E-state index is -1.23. The molecule has 0 aliphatic heterocycles. The Balaban J connectivity index is 3.33. The van der Waals surface area contributed by atoms with E-state index < -0.39 is 5.97 Å². The van der Waals surface area contributed by atoms with Crippen molar-refractivity contribution in [1.29, 1.82) is 0 Å². The summed E-state index contributed by atoms with van der Waals surface area (Å²) in [4.78, 5) is 19.8. The van der Waals surface area contributed by atoms with E-state index in [2.05, 4.69) is 9.78 Å². The Morgan fingerprint density at radius 1 is 1.36 bits per heavy atom. The van der Waals surface area contributed by atoms with Crippen LogP contribution in [-0.2, 0) is 4.89 Å². The van der Waals surface area contributed by atoms with Crippen molar-refractivity contribution in [3.05, 3.63) is 27.7 Å². The second kappa shape index (κ2) is 4.50. The zero-order valence-corrected chi connectivity index (χ0v) is 8.59. The van der Waals surface area contributed by atoms with Gasteiger partial charge in [0.2, 0.25) is 0 Å². The zero-order chi connectivity index (χ0) is 10.7. The Bertz CT molecular complexity index is 365. The van der Waals surface area contributed by atoms with Crippen LogP contribution in [0.3, 0.4) is 0 Å². The number of hydrogen-bond donors (Lipinski definition) is 1. The molecule has 0 unspecified atom stereocenters. The lowest BCUT2D eigenvalue weighted by molar-refractivity contribution is -0.178. The first-order valence-corrected chi connectivity index (χ1v) is 4.25. The van der Waals surface area contributed by atoms with Crippen LogP contribution in [-0.4, -0.2) is 18.2 Å². The average Bonchev–Trinajstić information content (AvgIpc) is 2.11. The fourth-order valence-electron chi connectivity index (χ4n) is 0.897. The van der Waals surface area contributed by atoms with Crippen molar-refractivity contribution in [1.82, 2.24) is 0 Å². The van der Waals surface area contributed by atoms with E-state index in [1.165, 1.54) is 19.2 Å². The molecule has 76 valence electrons. The highest BCUT2D eigenvalue weighted by molar-refractivity contribution is 6.36. The maximum Gasteiger partial charge on any atom is 0.341 e. The monoisotopic (exact) mass is 236 g/mol. The van der Waals surface area contributed by atoms with E-state index in [0.717, 1.165) is 0 Å². The first-order valence-electron chi connectivity index (χ1n) is 3.50. The maximum absolute atomic E-state index is 10.8. The highest BCUT2D eigenvalue weighted by Crippen LogP contribution is 2.33. The number of aromatic carboxylic acids is 1. The predicted octanol–water partition coefficient (Wildman–Crippen LogP) is 2.63. The second-order valence-electron chi connectivity index (χ2n) is 2.29. The number of carboxylic acid groups (broad SMARTS) is 1. The second-order valence-corrected chi connectivity index (χ2v) is 3.10. The molecule has 14 heavy (non-hydrogen) atoms. The lowest BCUT2D eigenvalue weighted by Crippen LogP contribution is -2.03. The Morgan fingerprint density at radius 2 is 1.93 bits per heavy atom. The van der Waals surface area contributed by atoms with Crippen LogP contribution in [0.1, 0.15) is 10.4 Å². The van der Waals surface area contributed by atoms with Gasteiger partial charge in [-0.05, 0) is 12.1 Å². The van der Waals surface area contributed by atoms with Gasteiger partial charge in [0.1, 0.15) is 5.56 Å². The van der Waals surface area contributed by atoms with Crippen molar-refractivity contribution in [2.45, 2.75) is 0 Å². The average molecular weight is 237 g/mol. The molecule has 1 aromatic carbocycles. The summed E-state index contributed by atoms with van der Waals surface area (Å²) in [6.45, 7) is 0. The van der Waals surface area contributed by atoms with E-state index in [4.69, 9.17) is 28.3 Å². The van der Waals surface area contributed by atoms with Crippen LogP contribution in [0.25, 0.3) is 0 Å². The number of halogens is 2. The van der Waals surface area contributed by atoms with Crippen molar-refractivity contribution in [3.63, 3.8) is 0 Å². The standard InChI is InChI=1S/C8H6Cl2O4/c1-13-14-7-5(10)3-2-4(9)6(7)8(11)12/h2-3H,1H3,(H,11,12). The Kier molecular flexibility index (Phi) is 3.57. The molecule has 1 aromatic rings. The number of carbonyl (C=O) groups is 1. The normalized spacial score (nSPS) is 9.93. The lowest BCUT2D eigenvalue weighted by atomic mass is 10.2. The summed E-state index contributed by atoms with van der Waals surface area (Å²) in [6.07, 6.45) is 0. The van der Waals surface area contributed by atoms with Gasteiger partial charge in [-0.1, -0.05) is 23.2 Å². The van der Waals surface area contributed by atoms with Crippen LogP contribution in [0.4, 0.5) is 0 Å². The first kappa shape index (κ1) is 11.1. The summed E-state index contributed by atoms with van der Waals surface area (Å²) < 4.78 is 0. The van der Waals surface area contributed by atoms with Crippen molar-refractivity contribution in [2.75, 3.05) is 7.11 Å². The van der Waals surface area contributed by atoms with E-state index in [9.17, 15) is 4.79 Å². The molecule has 0 aliphatic rings. The van der Waals surface area contributed by atoms with E-state index in [0.29, 0.717) is 0 Å². The smallest absolute Gasteiger partial charge is 0.341 e. The molecule has 6 heteroatoms. The van der Waals surface area contributed by atoms with E-state index in [-0.39, 0.29) is 21.4 Å². The van der Waals surface area contributed by atoms with Crippen LogP contribution in [0.15, 0.2) is 12.1 Å². The summed E-state index contributed by atoms with van der Waals surface area (Å²) in [7, 11) is 1.24. The molecule has 0 fully saturated rings. The minimum Gasteiger partial charge on any atom is -0.477 e. The van der Waals surface area contributed by atoms with Crippen LogP contribution in [0, 0.1) is 0 Å². The fraction of sp³-hybridized carbons (Fsp3) is 0.125. The van der Waals surface area contributed by atoms with E-state index >= 15 is 0 Å². The maximum atomic E-state index is 10.8. The van der Waals surface area contributed by atoms with Crippen LogP contribution >= 0.6 is 23.2 Å². The van der Waals surface area contributed by atoms with Crippen LogP contribution in [0.5, 0.6) is 5.75 Å². The predicted molar refractivity (Wildman–Crippen MR) is 51.1 cm³/mol. The fourth-order valence-corrected chi connectivity index (χ4v) is 1.32. The van der Waals surface area contributed by atoms with Gasteiger partial charge >= 0.3 is 5.97 Å². The van der Waals surface area contributed by atoms with Crippen molar-refractivity contribution >= 4 is 29.2 Å². The highest BCUT2D eigenvalue weighted by atomic mass is 35.5. The third-order valence-corrected chi connectivity index (χ3v) is 2.05. The van der Waals surface area contributed by atoms with Gasteiger partial charge in [-0.3, -0.25) is 0 Å². The van der Waals surface area contributed by atoms with Gasteiger partial charge in [0.25, 0.3) is 0 Å². The molecule has 4 nitrogen and oxygen atoms in total. The Morgan fingerprint density at radius 3 is 2.43 bits per heavy atom. The summed E-state index contributed by atoms with van der Waals surface area (Å²) in [6, 6.07) is 2.79. The largest absolute Gasteiger partial charge is 0.477 e. The molecule has 0 bridgehead atoms. The topological polar surface area (TPSA) is 55.8 Å². The Hall–Kier alpha value is -0.970. The van der Waals surface area contributed by atoms with Gasteiger partial charge < -0.3 is 9.99 Å². The van der Waals surface area contributed by atoms with Gasteiger partial charge in [-0.15, -0.1) is 0 Å². The number of benzene rings is 1. The van der Waals surface area contributed by atoms with Crippen molar-refractivity contribution in [2.24, 2.45) is 0 Å². The summed E-state index contributed by atoms with van der Waals surface area (Å²) >= 11 is 11.4. The number of rotatable bonds is 3. The molecule has 1 N–H and O–H groups in total. The molecular weight excluding hydrogens is 231 g/mol. The third-order valence-electron chi connectivity index (χ3n) is 1.44. The van der Waals surface area contributed by atoms with Gasteiger partial charge in [-0.25, -0.2) is 4.79 Å². The zero-order valence-electron chi connectivity index (χ0n) is 7.08. The molecule has 0 heterocycles. The molecule has 0 radical (unpaired) electrons. The van der Waals surface area contributed by atoms with Gasteiger partial charge in [-0.2, -0.15) is 4.89 Å². The number of carboxylic acids is 1. The quantitative estimate of drug-likeness (QED) is 0.648. The molecular formula is C8H6Cl2O4. The third kappa shape index (κ3) is 2.09. The molecule has 0 spiro atoms. The molecule has 0 aromatic heterocycles. The molecule has 0 atom stereocenters. The summed E-state index contributed by atoms with van der Waals surface area (Å²) in [5.74, 6) is -1.33. The Labute approximate surface area is 89.9 Å². The summed E-state index contributed by atoms with van der Waals surface area (Å²) in [5, 5.41) is 8.97. The van der Waals surface area contributed by atoms with Crippen molar-refractivity contribution < 1.29 is 19.7 Å². The van der Waals surface area contributed by atoms with Crippen molar-refractivity contribution in [3.8, 4) is 5.75 Å². The van der Waals surface area contributed by atoms with Gasteiger partial charge in [0, 0.05) is 0 Å². The molecule has 0 saturated carbocycles. The van der Waals surface area contributed by atoms with Gasteiger partial charge in [0.15, 0.2) is 5.75 Å². The van der Waals surface area contributed by atoms with E-state index in [1.807, 2.05) is 0 Å². The SMILES string of the molecule is COOc1c(Cl)ccc(Cl)c1C(=O)O.